The van der Waals surface area contributed by atoms with Crippen molar-refractivity contribution in [2.45, 2.75) is 31.8 Å². The molecule has 19 heavy (non-hydrogen) atoms. The van der Waals surface area contributed by atoms with E-state index in [0.29, 0.717) is 11.6 Å². The zero-order chi connectivity index (χ0) is 13.2. The van der Waals surface area contributed by atoms with Crippen LogP contribution in [-0.4, -0.2) is 40.1 Å². The minimum atomic E-state index is -0.793. The standard InChI is InChI=1S/C15H19NO2S/c17-15(18)14-5-1-3-11-9-16(7-6-13(11)14)12-4-2-8-19-10-12/h1,3,5,12H,2,4,6-10H2,(H,17,18). The van der Waals surface area contributed by atoms with Crippen molar-refractivity contribution >= 4 is 17.7 Å². The van der Waals surface area contributed by atoms with Crippen LogP contribution in [0.5, 0.6) is 0 Å². The number of hydrogen-bond acceptors (Lipinski definition) is 3. The van der Waals surface area contributed by atoms with Gasteiger partial charge < -0.3 is 5.11 Å². The van der Waals surface area contributed by atoms with Gasteiger partial charge in [-0.05, 0) is 42.2 Å². The highest BCUT2D eigenvalue weighted by atomic mass is 32.2. The summed E-state index contributed by atoms with van der Waals surface area (Å²) in [6.45, 7) is 1.92. The molecule has 1 atom stereocenters. The molecule has 1 fully saturated rings. The lowest BCUT2D eigenvalue weighted by Crippen LogP contribution is -2.42. The Morgan fingerprint density at radius 1 is 1.42 bits per heavy atom. The quantitative estimate of drug-likeness (QED) is 0.902. The highest BCUT2D eigenvalue weighted by molar-refractivity contribution is 7.99. The summed E-state index contributed by atoms with van der Waals surface area (Å²) in [6.07, 6.45) is 3.48. The molecule has 1 unspecified atom stereocenters. The third-order valence-corrected chi connectivity index (χ3v) is 5.38. The summed E-state index contributed by atoms with van der Waals surface area (Å²) in [5.41, 5.74) is 2.76. The summed E-state index contributed by atoms with van der Waals surface area (Å²) >= 11 is 2.05. The van der Waals surface area contributed by atoms with Crippen LogP contribution in [0.25, 0.3) is 0 Å². The molecule has 2 heterocycles. The molecule has 1 N–H and O–H groups in total. The molecule has 3 rings (SSSR count). The third-order valence-electron chi connectivity index (χ3n) is 4.18. The van der Waals surface area contributed by atoms with Crippen molar-refractivity contribution in [1.82, 2.24) is 4.90 Å². The van der Waals surface area contributed by atoms with Crippen LogP contribution in [-0.2, 0) is 13.0 Å². The molecule has 0 spiro atoms. The Morgan fingerprint density at radius 3 is 3.05 bits per heavy atom. The fraction of sp³-hybridized carbons (Fsp3) is 0.533. The van der Waals surface area contributed by atoms with Crippen LogP contribution >= 0.6 is 11.8 Å². The molecule has 0 aliphatic carbocycles. The van der Waals surface area contributed by atoms with Crippen molar-refractivity contribution in [2.24, 2.45) is 0 Å². The number of rotatable bonds is 2. The lowest BCUT2D eigenvalue weighted by atomic mass is 9.93. The fourth-order valence-electron chi connectivity index (χ4n) is 3.16. The molecule has 1 aromatic carbocycles. The molecule has 2 aliphatic heterocycles. The van der Waals surface area contributed by atoms with Gasteiger partial charge in [0.15, 0.2) is 0 Å². The largest absolute Gasteiger partial charge is 0.478 e. The molecule has 0 amide bonds. The minimum absolute atomic E-state index is 0.496. The van der Waals surface area contributed by atoms with Gasteiger partial charge in [0, 0.05) is 24.9 Å². The number of hydrogen-bond donors (Lipinski definition) is 1. The number of carboxylic acid groups (broad SMARTS) is 1. The van der Waals surface area contributed by atoms with Gasteiger partial charge in [0.2, 0.25) is 0 Å². The number of carboxylic acids is 1. The Balaban J connectivity index is 1.80. The molecule has 1 aromatic rings. The molecule has 4 heteroatoms. The highest BCUT2D eigenvalue weighted by Crippen LogP contribution is 2.28. The number of carbonyl (C=O) groups is 1. The maximum absolute atomic E-state index is 11.2. The van der Waals surface area contributed by atoms with Crippen molar-refractivity contribution in [1.29, 1.82) is 0 Å². The molecule has 3 nitrogen and oxygen atoms in total. The predicted molar refractivity (Wildman–Crippen MR) is 77.9 cm³/mol. The Morgan fingerprint density at radius 2 is 2.32 bits per heavy atom. The Labute approximate surface area is 118 Å². The van der Waals surface area contributed by atoms with Crippen LogP contribution in [0.2, 0.25) is 0 Å². The van der Waals surface area contributed by atoms with Crippen molar-refractivity contribution in [3.05, 3.63) is 34.9 Å². The number of thioether (sulfide) groups is 1. The van der Waals surface area contributed by atoms with Gasteiger partial charge in [-0.2, -0.15) is 11.8 Å². The third kappa shape index (κ3) is 2.65. The summed E-state index contributed by atoms with van der Waals surface area (Å²) in [6, 6.07) is 6.37. The normalized spacial score (nSPS) is 23.9. The minimum Gasteiger partial charge on any atom is -0.478 e. The van der Waals surface area contributed by atoms with E-state index in [4.69, 9.17) is 0 Å². The second kappa shape index (κ2) is 5.55. The van der Waals surface area contributed by atoms with Gasteiger partial charge in [0.1, 0.15) is 0 Å². The van der Waals surface area contributed by atoms with E-state index in [2.05, 4.69) is 22.7 Å². The van der Waals surface area contributed by atoms with E-state index in [-0.39, 0.29) is 0 Å². The maximum atomic E-state index is 11.2. The van der Waals surface area contributed by atoms with Gasteiger partial charge in [-0.1, -0.05) is 12.1 Å². The lowest BCUT2D eigenvalue weighted by molar-refractivity contribution is 0.0694. The van der Waals surface area contributed by atoms with Crippen molar-refractivity contribution in [3.8, 4) is 0 Å². The number of benzene rings is 1. The zero-order valence-corrected chi connectivity index (χ0v) is 11.8. The molecule has 0 bridgehead atoms. The monoisotopic (exact) mass is 277 g/mol. The van der Waals surface area contributed by atoms with Gasteiger partial charge in [-0.15, -0.1) is 0 Å². The summed E-state index contributed by atoms with van der Waals surface area (Å²) in [5.74, 6) is 1.73. The molecule has 0 aromatic heterocycles. The van der Waals surface area contributed by atoms with Gasteiger partial charge in [0.05, 0.1) is 5.56 Å². The van der Waals surface area contributed by atoms with E-state index < -0.39 is 5.97 Å². The first kappa shape index (κ1) is 13.0. The van der Waals surface area contributed by atoms with E-state index >= 15 is 0 Å². The molecular weight excluding hydrogens is 258 g/mol. The SMILES string of the molecule is O=C(O)c1cccc2c1CCN(C1CCCSC1)C2. The Hall–Kier alpha value is -1.00. The Bertz CT molecular complexity index is 483. The van der Waals surface area contributed by atoms with E-state index in [1.165, 1.54) is 29.9 Å². The fourth-order valence-corrected chi connectivity index (χ4v) is 4.34. The van der Waals surface area contributed by atoms with Crippen LogP contribution < -0.4 is 0 Å². The summed E-state index contributed by atoms with van der Waals surface area (Å²) in [7, 11) is 0. The summed E-state index contributed by atoms with van der Waals surface area (Å²) in [4.78, 5) is 13.8. The van der Waals surface area contributed by atoms with Crippen LogP contribution in [0.1, 0.15) is 34.3 Å². The van der Waals surface area contributed by atoms with Gasteiger partial charge in [-0.3, -0.25) is 4.90 Å². The zero-order valence-electron chi connectivity index (χ0n) is 11.0. The molecule has 1 saturated heterocycles. The second-order valence-electron chi connectivity index (χ2n) is 5.34. The van der Waals surface area contributed by atoms with Gasteiger partial charge in [0.25, 0.3) is 0 Å². The van der Waals surface area contributed by atoms with Crippen molar-refractivity contribution in [3.63, 3.8) is 0 Å². The van der Waals surface area contributed by atoms with Crippen molar-refractivity contribution < 1.29 is 9.90 Å². The first-order valence-electron chi connectivity index (χ1n) is 6.91. The lowest BCUT2D eigenvalue weighted by Gasteiger charge is -2.37. The molecule has 0 radical (unpaired) electrons. The first-order valence-corrected chi connectivity index (χ1v) is 8.07. The average molecular weight is 277 g/mol. The number of aromatic carboxylic acids is 1. The summed E-state index contributed by atoms with van der Waals surface area (Å²) in [5, 5.41) is 9.24. The second-order valence-corrected chi connectivity index (χ2v) is 6.49. The van der Waals surface area contributed by atoms with Crippen LogP contribution in [0.4, 0.5) is 0 Å². The Kier molecular flexibility index (Phi) is 3.80. The number of nitrogens with zero attached hydrogens (tertiary/aromatic N) is 1. The molecule has 2 aliphatic rings. The molecule has 0 saturated carbocycles. The van der Waals surface area contributed by atoms with E-state index in [1.54, 1.807) is 6.07 Å². The first-order chi connectivity index (χ1) is 9.25. The van der Waals surface area contributed by atoms with Crippen LogP contribution in [0.3, 0.4) is 0 Å². The van der Waals surface area contributed by atoms with Crippen LogP contribution in [0.15, 0.2) is 18.2 Å². The van der Waals surface area contributed by atoms with E-state index in [0.717, 1.165) is 25.1 Å². The molecule has 102 valence electrons. The topological polar surface area (TPSA) is 40.5 Å². The van der Waals surface area contributed by atoms with E-state index in [9.17, 15) is 9.90 Å². The molecular formula is C15H19NO2S. The van der Waals surface area contributed by atoms with E-state index in [1.807, 2.05) is 6.07 Å². The number of fused-ring (bicyclic) bond motifs is 1. The predicted octanol–water partition coefficient (Wildman–Crippen LogP) is 2.64. The average Bonchev–Trinajstić information content (AvgIpc) is 2.47. The maximum Gasteiger partial charge on any atom is 0.335 e. The van der Waals surface area contributed by atoms with Crippen LogP contribution in [0, 0.1) is 0 Å². The highest BCUT2D eigenvalue weighted by Gasteiger charge is 2.27. The van der Waals surface area contributed by atoms with Gasteiger partial charge in [-0.25, -0.2) is 4.79 Å². The van der Waals surface area contributed by atoms with Gasteiger partial charge >= 0.3 is 5.97 Å². The van der Waals surface area contributed by atoms with Crippen molar-refractivity contribution in [2.75, 3.05) is 18.1 Å². The smallest absolute Gasteiger partial charge is 0.335 e. The summed E-state index contributed by atoms with van der Waals surface area (Å²) < 4.78 is 0.